The van der Waals surface area contributed by atoms with E-state index in [1.54, 1.807) is 0 Å². The predicted molar refractivity (Wildman–Crippen MR) is 72.8 cm³/mol. The normalized spacial score (nSPS) is 10.7. The molecule has 0 saturated heterocycles. The summed E-state index contributed by atoms with van der Waals surface area (Å²) in [5, 5.41) is 11.6. The number of aromatic nitrogens is 2. The van der Waals surface area contributed by atoms with Crippen molar-refractivity contribution in [2.75, 3.05) is 11.1 Å². The van der Waals surface area contributed by atoms with Gasteiger partial charge in [0.05, 0.1) is 11.3 Å². The summed E-state index contributed by atoms with van der Waals surface area (Å²) in [6.45, 7) is 3.97. The van der Waals surface area contributed by atoms with Crippen LogP contribution in [-0.2, 0) is 0 Å². The molecule has 7 heteroatoms. The largest absolute Gasteiger partial charge is 0.396 e. The molecule has 0 atom stereocenters. The number of nitrogen functional groups attached to an aromatic ring is 1. The maximum atomic E-state index is 13.3. The van der Waals surface area contributed by atoms with E-state index in [2.05, 4.69) is 15.5 Å². The standard InChI is InChI=1S/C12H13FN4OS/c1-6(2)11-16-17-12(19-11)15-10(18)7-4-3-5-8(13)9(7)14/h3-6H,14H2,1-2H3,(H,15,17,18). The molecule has 100 valence electrons. The summed E-state index contributed by atoms with van der Waals surface area (Å²) in [6, 6.07) is 4.09. The third-order valence-corrected chi connectivity index (χ3v) is 3.59. The highest BCUT2D eigenvalue weighted by molar-refractivity contribution is 7.15. The topological polar surface area (TPSA) is 80.9 Å². The first kappa shape index (κ1) is 13.4. The molecule has 1 aromatic carbocycles. The molecule has 0 aliphatic carbocycles. The number of benzene rings is 1. The zero-order valence-electron chi connectivity index (χ0n) is 10.5. The second-order valence-corrected chi connectivity index (χ2v) is 5.26. The minimum atomic E-state index is -0.618. The van der Waals surface area contributed by atoms with Gasteiger partial charge in [-0.15, -0.1) is 10.2 Å². The lowest BCUT2D eigenvalue weighted by atomic mass is 10.1. The Morgan fingerprint density at radius 3 is 2.79 bits per heavy atom. The number of nitrogens with two attached hydrogens (primary N) is 1. The van der Waals surface area contributed by atoms with Gasteiger partial charge in [0.1, 0.15) is 10.8 Å². The Morgan fingerprint density at radius 1 is 1.42 bits per heavy atom. The predicted octanol–water partition coefficient (Wildman–Crippen LogP) is 2.64. The van der Waals surface area contributed by atoms with Gasteiger partial charge in [0.2, 0.25) is 5.13 Å². The van der Waals surface area contributed by atoms with Crippen molar-refractivity contribution in [3.05, 3.63) is 34.6 Å². The Labute approximate surface area is 113 Å². The van der Waals surface area contributed by atoms with Crippen molar-refractivity contribution in [2.24, 2.45) is 0 Å². The van der Waals surface area contributed by atoms with E-state index in [1.807, 2.05) is 13.8 Å². The van der Waals surface area contributed by atoms with Gasteiger partial charge >= 0.3 is 0 Å². The molecule has 3 N–H and O–H groups in total. The average Bonchev–Trinajstić information content (AvgIpc) is 2.81. The minimum Gasteiger partial charge on any atom is -0.396 e. The van der Waals surface area contributed by atoms with E-state index in [9.17, 15) is 9.18 Å². The average molecular weight is 280 g/mol. The van der Waals surface area contributed by atoms with E-state index in [4.69, 9.17) is 5.73 Å². The number of carbonyl (C=O) groups is 1. The van der Waals surface area contributed by atoms with Gasteiger partial charge in [-0.25, -0.2) is 4.39 Å². The molecule has 1 amide bonds. The van der Waals surface area contributed by atoms with E-state index in [-0.39, 0.29) is 17.2 Å². The fraction of sp³-hybridized carbons (Fsp3) is 0.250. The molecule has 1 aromatic heterocycles. The van der Waals surface area contributed by atoms with Crippen LogP contribution in [-0.4, -0.2) is 16.1 Å². The summed E-state index contributed by atoms with van der Waals surface area (Å²) in [5.41, 5.74) is 5.43. The molecule has 2 rings (SSSR count). The molecule has 2 aromatic rings. The summed E-state index contributed by atoms with van der Waals surface area (Å²) in [4.78, 5) is 11.9. The van der Waals surface area contributed by atoms with Crippen LogP contribution in [0.3, 0.4) is 0 Å². The van der Waals surface area contributed by atoms with Crippen molar-refractivity contribution in [1.29, 1.82) is 0 Å². The molecule has 0 aliphatic rings. The van der Waals surface area contributed by atoms with Gasteiger partial charge in [0.15, 0.2) is 0 Å². The summed E-state index contributed by atoms with van der Waals surface area (Å²) >= 11 is 1.29. The Balaban J connectivity index is 2.18. The van der Waals surface area contributed by atoms with E-state index in [1.165, 1.54) is 29.5 Å². The van der Waals surface area contributed by atoms with Gasteiger partial charge in [0.25, 0.3) is 5.91 Å². The lowest BCUT2D eigenvalue weighted by molar-refractivity contribution is 0.102. The molecular formula is C12H13FN4OS. The fourth-order valence-corrected chi connectivity index (χ4v) is 2.16. The van der Waals surface area contributed by atoms with Crippen LogP contribution in [0.25, 0.3) is 0 Å². The van der Waals surface area contributed by atoms with Crippen molar-refractivity contribution in [1.82, 2.24) is 10.2 Å². The van der Waals surface area contributed by atoms with Crippen LogP contribution in [0, 0.1) is 5.82 Å². The number of para-hydroxylation sites is 1. The molecule has 0 radical (unpaired) electrons. The molecule has 0 unspecified atom stereocenters. The number of hydrogen-bond acceptors (Lipinski definition) is 5. The Kier molecular flexibility index (Phi) is 3.75. The number of nitrogens with zero attached hydrogens (tertiary/aromatic N) is 2. The van der Waals surface area contributed by atoms with Crippen molar-refractivity contribution < 1.29 is 9.18 Å². The van der Waals surface area contributed by atoms with Gasteiger partial charge in [-0.1, -0.05) is 31.3 Å². The van der Waals surface area contributed by atoms with E-state index in [0.29, 0.717) is 5.13 Å². The summed E-state index contributed by atoms with van der Waals surface area (Å²) in [7, 11) is 0. The second kappa shape index (κ2) is 5.31. The van der Waals surface area contributed by atoms with Crippen LogP contribution >= 0.6 is 11.3 Å². The zero-order chi connectivity index (χ0) is 14.0. The molecule has 1 heterocycles. The summed E-state index contributed by atoms with van der Waals surface area (Å²) in [6.07, 6.45) is 0. The Bertz CT molecular complexity index is 612. The first-order valence-electron chi connectivity index (χ1n) is 5.67. The first-order valence-corrected chi connectivity index (χ1v) is 6.49. The number of halogens is 1. The van der Waals surface area contributed by atoms with Crippen LogP contribution in [0.1, 0.15) is 35.1 Å². The zero-order valence-corrected chi connectivity index (χ0v) is 11.3. The molecular weight excluding hydrogens is 267 g/mol. The lowest BCUT2D eigenvalue weighted by Gasteiger charge is -2.05. The summed E-state index contributed by atoms with van der Waals surface area (Å²) < 4.78 is 13.3. The van der Waals surface area contributed by atoms with Crippen LogP contribution < -0.4 is 11.1 Å². The van der Waals surface area contributed by atoms with Gasteiger partial charge in [-0.2, -0.15) is 0 Å². The number of anilines is 2. The molecule has 19 heavy (non-hydrogen) atoms. The highest BCUT2D eigenvalue weighted by Crippen LogP contribution is 2.23. The fourth-order valence-electron chi connectivity index (χ4n) is 1.42. The van der Waals surface area contributed by atoms with Gasteiger partial charge in [-0.3, -0.25) is 10.1 Å². The van der Waals surface area contributed by atoms with Crippen LogP contribution in [0.2, 0.25) is 0 Å². The summed E-state index contributed by atoms with van der Waals surface area (Å²) in [5.74, 6) is -0.876. The first-order chi connectivity index (χ1) is 8.99. The van der Waals surface area contributed by atoms with Gasteiger partial charge < -0.3 is 5.73 Å². The highest BCUT2D eigenvalue weighted by Gasteiger charge is 2.15. The Morgan fingerprint density at radius 2 is 2.16 bits per heavy atom. The van der Waals surface area contributed by atoms with Crippen molar-refractivity contribution >= 4 is 28.1 Å². The molecule has 0 bridgehead atoms. The minimum absolute atomic E-state index is 0.0845. The quantitative estimate of drug-likeness (QED) is 0.847. The lowest BCUT2D eigenvalue weighted by Crippen LogP contribution is -2.14. The van der Waals surface area contributed by atoms with Gasteiger partial charge in [0, 0.05) is 5.92 Å². The van der Waals surface area contributed by atoms with E-state index >= 15 is 0 Å². The third-order valence-electron chi connectivity index (χ3n) is 2.45. The number of nitrogens with one attached hydrogen (secondary N) is 1. The number of carbonyl (C=O) groups excluding carboxylic acids is 1. The second-order valence-electron chi connectivity index (χ2n) is 4.26. The van der Waals surface area contributed by atoms with Crippen molar-refractivity contribution in [2.45, 2.75) is 19.8 Å². The van der Waals surface area contributed by atoms with Crippen molar-refractivity contribution in [3.8, 4) is 0 Å². The molecule has 0 aliphatic heterocycles. The maximum absolute atomic E-state index is 13.3. The number of hydrogen-bond donors (Lipinski definition) is 2. The third kappa shape index (κ3) is 2.87. The maximum Gasteiger partial charge on any atom is 0.259 e. The monoisotopic (exact) mass is 280 g/mol. The highest BCUT2D eigenvalue weighted by atomic mass is 32.1. The molecule has 0 fully saturated rings. The Hall–Kier alpha value is -2.02. The molecule has 5 nitrogen and oxygen atoms in total. The van der Waals surface area contributed by atoms with Crippen LogP contribution in [0.5, 0.6) is 0 Å². The smallest absolute Gasteiger partial charge is 0.259 e. The number of amides is 1. The SMILES string of the molecule is CC(C)c1nnc(NC(=O)c2cccc(F)c2N)s1. The van der Waals surface area contributed by atoms with E-state index in [0.717, 1.165) is 5.01 Å². The number of rotatable bonds is 3. The van der Waals surface area contributed by atoms with E-state index < -0.39 is 11.7 Å². The van der Waals surface area contributed by atoms with Crippen LogP contribution in [0.15, 0.2) is 18.2 Å². The van der Waals surface area contributed by atoms with Crippen molar-refractivity contribution in [3.63, 3.8) is 0 Å². The molecule has 0 spiro atoms. The van der Waals surface area contributed by atoms with Crippen LogP contribution in [0.4, 0.5) is 15.2 Å². The van der Waals surface area contributed by atoms with Gasteiger partial charge in [-0.05, 0) is 12.1 Å². The molecule has 0 saturated carbocycles.